The Kier molecular flexibility index (Phi) is 2.81. The Bertz CT molecular complexity index is 179. The van der Waals surface area contributed by atoms with Crippen molar-refractivity contribution in [2.24, 2.45) is 10.3 Å². The van der Waals surface area contributed by atoms with Crippen LogP contribution < -0.4 is 0 Å². The maximum atomic E-state index is 5.11. The Morgan fingerprint density at radius 3 is 2.42 bits per heavy atom. The lowest BCUT2D eigenvalue weighted by molar-refractivity contribution is 0.0142. The molecule has 0 aliphatic carbocycles. The van der Waals surface area contributed by atoms with Crippen molar-refractivity contribution in [2.75, 3.05) is 24.7 Å². The van der Waals surface area contributed by atoms with E-state index in [-0.39, 0.29) is 0 Å². The predicted octanol–water partition coefficient (Wildman–Crippen LogP) is 1.62. The number of rotatable bonds is 1. The van der Waals surface area contributed by atoms with Crippen molar-refractivity contribution in [3.63, 3.8) is 0 Å². The van der Waals surface area contributed by atoms with Crippen LogP contribution >= 0.6 is 0 Å². The lowest BCUT2D eigenvalue weighted by Crippen LogP contribution is -2.33. The van der Waals surface area contributed by atoms with Crippen molar-refractivity contribution in [1.82, 2.24) is 0 Å². The molecule has 0 radical (unpaired) electrons. The van der Waals surface area contributed by atoms with Crippen molar-refractivity contribution < 1.29 is 4.74 Å². The zero-order valence-electron chi connectivity index (χ0n) is 7.66. The van der Waals surface area contributed by atoms with Gasteiger partial charge in [-0.05, 0) is 18.8 Å². The molecule has 0 bridgehead atoms. The number of nitrogens with zero attached hydrogens (tertiary/aromatic N) is 1. The first-order valence-electron chi connectivity index (χ1n) is 4.81. The van der Waals surface area contributed by atoms with Crippen molar-refractivity contribution >= 4 is 10.7 Å². The van der Waals surface area contributed by atoms with Crippen LogP contribution in [0.15, 0.2) is 4.36 Å². The molecular formula is C9H17NOS. The second-order valence-electron chi connectivity index (χ2n) is 3.85. The second kappa shape index (κ2) is 3.88. The third kappa shape index (κ3) is 2.07. The molecule has 2 aliphatic rings. The van der Waals surface area contributed by atoms with Crippen LogP contribution in [0.5, 0.6) is 0 Å². The van der Waals surface area contributed by atoms with Gasteiger partial charge in [0.2, 0.25) is 0 Å². The predicted molar refractivity (Wildman–Crippen MR) is 52.5 cm³/mol. The largest absolute Gasteiger partial charge is 0.377 e. The third-order valence-electron chi connectivity index (χ3n) is 2.61. The first-order chi connectivity index (χ1) is 5.84. The van der Waals surface area contributed by atoms with Crippen LogP contribution in [0.3, 0.4) is 0 Å². The van der Waals surface area contributed by atoms with E-state index < -0.39 is 0 Å². The highest BCUT2D eigenvalue weighted by molar-refractivity contribution is 7.87. The van der Waals surface area contributed by atoms with Gasteiger partial charge in [-0.15, -0.1) is 10.7 Å². The van der Waals surface area contributed by atoms with E-state index in [2.05, 4.69) is 6.92 Å². The van der Waals surface area contributed by atoms with Crippen LogP contribution in [0, 0.1) is 5.92 Å². The van der Waals surface area contributed by atoms with Gasteiger partial charge < -0.3 is 4.74 Å². The number of hydrogen-bond acceptors (Lipinski definition) is 2. The summed E-state index contributed by atoms with van der Waals surface area (Å²) in [4.78, 5) is 0. The van der Waals surface area contributed by atoms with Crippen LogP contribution in [0.2, 0.25) is 0 Å². The molecule has 12 heavy (non-hydrogen) atoms. The van der Waals surface area contributed by atoms with Gasteiger partial charge in [-0.1, -0.05) is 6.92 Å². The lowest BCUT2D eigenvalue weighted by Gasteiger charge is -2.26. The zero-order chi connectivity index (χ0) is 8.39. The summed E-state index contributed by atoms with van der Waals surface area (Å²) in [6.45, 7) is 4.13. The lowest BCUT2D eigenvalue weighted by atomic mass is 10.1. The number of ether oxygens (including phenoxy) is 1. The molecule has 0 atom stereocenters. The summed E-state index contributed by atoms with van der Waals surface area (Å²) in [5.41, 5.74) is 0. The highest BCUT2D eigenvalue weighted by Gasteiger charge is 2.19. The Balaban J connectivity index is 1.83. The van der Waals surface area contributed by atoms with Crippen LogP contribution in [0.1, 0.15) is 19.8 Å². The molecular weight excluding hydrogens is 170 g/mol. The van der Waals surface area contributed by atoms with Gasteiger partial charge in [0.15, 0.2) is 0 Å². The molecule has 0 amide bonds. The van der Waals surface area contributed by atoms with E-state index in [4.69, 9.17) is 9.10 Å². The van der Waals surface area contributed by atoms with Gasteiger partial charge in [-0.3, -0.25) is 4.36 Å². The molecule has 2 saturated heterocycles. The van der Waals surface area contributed by atoms with E-state index in [1.807, 2.05) is 0 Å². The first-order valence-corrected chi connectivity index (χ1v) is 6.33. The molecule has 2 rings (SSSR count). The molecule has 2 fully saturated rings. The average Bonchev–Trinajstić information content (AvgIpc) is 2.00. The Labute approximate surface area is 76.8 Å². The van der Waals surface area contributed by atoms with Crippen LogP contribution in [-0.4, -0.2) is 30.8 Å². The average molecular weight is 187 g/mol. The molecule has 0 spiro atoms. The minimum absolute atomic E-state index is 0.401. The van der Waals surface area contributed by atoms with Crippen molar-refractivity contribution in [3.8, 4) is 0 Å². The van der Waals surface area contributed by atoms with Gasteiger partial charge in [0.05, 0.1) is 13.2 Å². The van der Waals surface area contributed by atoms with Gasteiger partial charge in [0, 0.05) is 11.5 Å². The summed E-state index contributed by atoms with van der Waals surface area (Å²) in [5, 5.41) is 0. The van der Waals surface area contributed by atoms with Crippen molar-refractivity contribution in [2.45, 2.75) is 25.8 Å². The Morgan fingerprint density at radius 2 is 1.92 bits per heavy atom. The minimum atomic E-state index is 0.401. The van der Waals surface area contributed by atoms with Crippen LogP contribution in [0.25, 0.3) is 0 Å². The van der Waals surface area contributed by atoms with E-state index >= 15 is 0 Å². The fourth-order valence-electron chi connectivity index (χ4n) is 1.52. The van der Waals surface area contributed by atoms with Gasteiger partial charge in [0.25, 0.3) is 0 Å². The molecule has 2 aliphatic heterocycles. The normalized spacial score (nSPS) is 37.4. The summed E-state index contributed by atoms with van der Waals surface area (Å²) in [6, 6.07) is 0.557. The molecule has 0 N–H and O–H groups in total. The molecule has 2 heterocycles. The van der Waals surface area contributed by atoms with Gasteiger partial charge in [-0.25, -0.2) is 0 Å². The highest BCUT2D eigenvalue weighted by atomic mass is 32.2. The molecule has 0 aromatic rings. The van der Waals surface area contributed by atoms with E-state index in [9.17, 15) is 0 Å². The fourth-order valence-corrected chi connectivity index (χ4v) is 3.83. The highest BCUT2D eigenvalue weighted by Crippen LogP contribution is 2.18. The third-order valence-corrected chi connectivity index (χ3v) is 4.62. The maximum absolute atomic E-state index is 5.11. The summed E-state index contributed by atoms with van der Waals surface area (Å²) < 4.78 is 9.89. The summed E-state index contributed by atoms with van der Waals surface area (Å²) in [7, 11) is 0.401. The molecule has 0 aromatic carbocycles. The van der Waals surface area contributed by atoms with Gasteiger partial charge in [0.1, 0.15) is 6.04 Å². The maximum Gasteiger partial charge on any atom is 0.103 e. The number of hydrogen-bond donors (Lipinski definition) is 0. The van der Waals surface area contributed by atoms with E-state index in [1.165, 1.54) is 24.3 Å². The van der Waals surface area contributed by atoms with Crippen LogP contribution in [-0.2, 0) is 15.4 Å². The Morgan fingerprint density at radius 1 is 1.25 bits per heavy atom. The van der Waals surface area contributed by atoms with E-state index in [0.717, 1.165) is 19.1 Å². The van der Waals surface area contributed by atoms with Gasteiger partial charge in [-0.2, -0.15) is 0 Å². The topological polar surface area (TPSA) is 21.6 Å². The quantitative estimate of drug-likeness (QED) is 0.611. The fraction of sp³-hybridized carbons (Fsp3) is 1.00. The van der Waals surface area contributed by atoms with Gasteiger partial charge >= 0.3 is 0 Å². The molecule has 0 unspecified atom stereocenters. The SMILES string of the molecule is CC1CCS(=NC2COC2)CC1. The van der Waals surface area contributed by atoms with Crippen LogP contribution in [0.4, 0.5) is 0 Å². The molecule has 70 valence electrons. The first kappa shape index (κ1) is 8.70. The Hall–Kier alpha value is 0.110. The molecule has 2 nitrogen and oxygen atoms in total. The van der Waals surface area contributed by atoms with E-state index in [1.54, 1.807) is 0 Å². The standard InChI is InChI=1S/C9H17NOS/c1-8-2-4-12(5-3-8)10-9-6-11-7-9/h8-9H,2-7H2,1H3. The summed E-state index contributed by atoms with van der Waals surface area (Å²) in [5.74, 6) is 3.64. The molecule has 0 aromatic heterocycles. The zero-order valence-corrected chi connectivity index (χ0v) is 8.48. The monoisotopic (exact) mass is 187 g/mol. The summed E-state index contributed by atoms with van der Waals surface area (Å²) >= 11 is 0. The second-order valence-corrected chi connectivity index (χ2v) is 5.80. The molecule has 3 heteroatoms. The molecule has 0 saturated carbocycles. The van der Waals surface area contributed by atoms with Crippen molar-refractivity contribution in [1.29, 1.82) is 0 Å². The van der Waals surface area contributed by atoms with Crippen molar-refractivity contribution in [3.05, 3.63) is 0 Å². The minimum Gasteiger partial charge on any atom is -0.377 e. The summed E-state index contributed by atoms with van der Waals surface area (Å²) in [6.07, 6.45) is 2.78. The smallest absolute Gasteiger partial charge is 0.103 e. The van der Waals surface area contributed by atoms with E-state index in [0.29, 0.717) is 16.7 Å².